The maximum Gasteiger partial charge on any atom is 0.273 e. The van der Waals surface area contributed by atoms with E-state index in [4.69, 9.17) is 11.6 Å². The highest BCUT2D eigenvalue weighted by molar-refractivity contribution is 6.35. The van der Waals surface area contributed by atoms with E-state index < -0.39 is 10.7 Å². The molecule has 0 amide bonds. The van der Waals surface area contributed by atoms with Gasteiger partial charge in [-0.3, -0.25) is 10.1 Å². The summed E-state index contributed by atoms with van der Waals surface area (Å²) in [6, 6.07) is 2.37. The molecule has 2 aromatic rings. The van der Waals surface area contributed by atoms with Crippen molar-refractivity contribution in [2.24, 2.45) is 0 Å². The first-order valence-electron chi connectivity index (χ1n) is 3.70. The van der Waals surface area contributed by atoms with Crippen molar-refractivity contribution in [3.05, 3.63) is 39.3 Å². The number of hydrogen-bond acceptors (Lipinski definition) is 2. The summed E-state index contributed by atoms with van der Waals surface area (Å²) in [7, 11) is 0. The van der Waals surface area contributed by atoms with Gasteiger partial charge in [0.15, 0.2) is 0 Å². The van der Waals surface area contributed by atoms with Gasteiger partial charge in [-0.05, 0) is 0 Å². The zero-order chi connectivity index (χ0) is 10.3. The van der Waals surface area contributed by atoms with E-state index in [1.54, 1.807) is 0 Å². The van der Waals surface area contributed by atoms with Crippen LogP contribution in [0.1, 0.15) is 0 Å². The van der Waals surface area contributed by atoms with Crippen LogP contribution >= 0.6 is 11.6 Å². The van der Waals surface area contributed by atoms with Crippen molar-refractivity contribution >= 4 is 28.2 Å². The van der Waals surface area contributed by atoms with Gasteiger partial charge in [-0.15, -0.1) is 0 Å². The Morgan fingerprint density at radius 2 is 2.21 bits per heavy atom. The normalized spacial score (nSPS) is 10.7. The first-order valence-corrected chi connectivity index (χ1v) is 4.08. The van der Waals surface area contributed by atoms with E-state index in [2.05, 4.69) is 4.98 Å². The molecule has 1 heterocycles. The van der Waals surface area contributed by atoms with Crippen molar-refractivity contribution in [3.63, 3.8) is 0 Å². The lowest BCUT2D eigenvalue weighted by Gasteiger charge is -1.95. The Hall–Kier alpha value is -1.62. The molecule has 72 valence electrons. The molecule has 14 heavy (non-hydrogen) atoms. The van der Waals surface area contributed by atoms with Gasteiger partial charge in [0.05, 0.1) is 20.8 Å². The number of nitrogens with zero attached hydrogens (tertiary/aromatic N) is 1. The van der Waals surface area contributed by atoms with Crippen LogP contribution in [-0.2, 0) is 0 Å². The fraction of sp³-hybridized carbons (Fsp3) is 0. The van der Waals surface area contributed by atoms with Gasteiger partial charge in [-0.1, -0.05) is 11.6 Å². The predicted octanol–water partition coefficient (Wildman–Crippen LogP) is 2.87. The van der Waals surface area contributed by atoms with E-state index in [0.29, 0.717) is 5.52 Å². The zero-order valence-corrected chi connectivity index (χ0v) is 7.51. The minimum atomic E-state index is -0.579. The molecule has 0 fully saturated rings. The Morgan fingerprint density at radius 3 is 2.86 bits per heavy atom. The number of halogens is 2. The number of rotatable bonds is 1. The van der Waals surface area contributed by atoms with E-state index in [-0.39, 0.29) is 16.1 Å². The lowest BCUT2D eigenvalue weighted by atomic mass is 10.2. The average Bonchev–Trinajstić information content (AvgIpc) is 2.48. The van der Waals surface area contributed by atoms with E-state index in [1.165, 1.54) is 6.07 Å². The molecule has 2 rings (SSSR count). The molecule has 0 radical (unpaired) electrons. The maximum absolute atomic E-state index is 13.1. The number of fused-ring (bicyclic) bond motifs is 1. The van der Waals surface area contributed by atoms with Crippen LogP contribution in [0.25, 0.3) is 10.9 Å². The third-order valence-corrected chi connectivity index (χ3v) is 2.18. The van der Waals surface area contributed by atoms with Crippen molar-refractivity contribution in [1.82, 2.24) is 4.98 Å². The second-order valence-corrected chi connectivity index (χ2v) is 3.15. The van der Waals surface area contributed by atoms with Crippen LogP contribution in [0.4, 0.5) is 10.1 Å². The van der Waals surface area contributed by atoms with Crippen molar-refractivity contribution in [3.8, 4) is 0 Å². The van der Waals surface area contributed by atoms with E-state index in [1.807, 2.05) is 0 Å². The highest BCUT2D eigenvalue weighted by Crippen LogP contribution is 2.30. The summed E-state index contributed by atoms with van der Waals surface area (Å²) in [5, 5.41) is 10.7. The molecule has 4 nitrogen and oxygen atoms in total. The summed E-state index contributed by atoms with van der Waals surface area (Å²) in [5.74, 6) is -0.514. The van der Waals surface area contributed by atoms with Gasteiger partial charge in [0.25, 0.3) is 5.69 Å². The van der Waals surface area contributed by atoms with Crippen molar-refractivity contribution < 1.29 is 9.31 Å². The Morgan fingerprint density at radius 1 is 1.50 bits per heavy atom. The number of aromatic nitrogens is 1. The number of hydrogen-bond donors (Lipinski definition) is 1. The van der Waals surface area contributed by atoms with Gasteiger partial charge in [-0.25, -0.2) is 4.39 Å². The molecule has 0 aliphatic rings. The SMILES string of the molecule is O=[N+]([O-])c1cc(Cl)c2c(F)c[nH]c2c1. The van der Waals surface area contributed by atoms with Crippen LogP contribution < -0.4 is 0 Å². The van der Waals surface area contributed by atoms with Gasteiger partial charge < -0.3 is 4.98 Å². The van der Waals surface area contributed by atoms with Crippen LogP contribution in [0.2, 0.25) is 5.02 Å². The molecule has 0 saturated heterocycles. The second kappa shape index (κ2) is 2.95. The topological polar surface area (TPSA) is 58.9 Å². The Balaban J connectivity index is 2.80. The molecule has 0 aliphatic heterocycles. The molecule has 0 spiro atoms. The highest BCUT2D eigenvalue weighted by atomic mass is 35.5. The number of non-ortho nitro benzene ring substituents is 1. The molecule has 1 aromatic heterocycles. The summed E-state index contributed by atoms with van der Waals surface area (Å²) in [6.07, 6.45) is 1.11. The second-order valence-electron chi connectivity index (χ2n) is 2.74. The summed E-state index contributed by atoms with van der Waals surface area (Å²) >= 11 is 5.69. The van der Waals surface area contributed by atoms with Gasteiger partial charge in [0.1, 0.15) is 5.82 Å². The number of nitro benzene ring substituents is 1. The van der Waals surface area contributed by atoms with E-state index in [9.17, 15) is 14.5 Å². The van der Waals surface area contributed by atoms with Crippen LogP contribution in [0, 0.1) is 15.9 Å². The van der Waals surface area contributed by atoms with Crippen LogP contribution in [0.15, 0.2) is 18.3 Å². The van der Waals surface area contributed by atoms with Crippen molar-refractivity contribution in [2.45, 2.75) is 0 Å². The lowest BCUT2D eigenvalue weighted by Crippen LogP contribution is -1.87. The van der Waals surface area contributed by atoms with Crippen LogP contribution in [0.3, 0.4) is 0 Å². The molecular weight excluding hydrogens is 211 g/mol. The third kappa shape index (κ3) is 1.22. The smallest absolute Gasteiger partial charge is 0.273 e. The fourth-order valence-electron chi connectivity index (χ4n) is 1.27. The largest absolute Gasteiger partial charge is 0.358 e. The van der Waals surface area contributed by atoms with Crippen molar-refractivity contribution in [1.29, 1.82) is 0 Å². The number of nitro groups is 1. The molecular formula is C8H4ClFN2O2. The highest BCUT2D eigenvalue weighted by Gasteiger charge is 2.14. The third-order valence-electron chi connectivity index (χ3n) is 1.88. The lowest BCUT2D eigenvalue weighted by molar-refractivity contribution is -0.384. The first kappa shape index (κ1) is 8.96. The van der Waals surface area contributed by atoms with E-state index in [0.717, 1.165) is 12.3 Å². The molecule has 0 atom stereocenters. The average molecular weight is 215 g/mol. The monoisotopic (exact) mass is 214 g/mol. The zero-order valence-electron chi connectivity index (χ0n) is 6.75. The minimum Gasteiger partial charge on any atom is -0.358 e. The van der Waals surface area contributed by atoms with Gasteiger partial charge >= 0.3 is 0 Å². The Labute approximate surface area is 82.4 Å². The maximum atomic E-state index is 13.1. The molecule has 0 saturated carbocycles. The molecule has 6 heteroatoms. The summed E-state index contributed by atoms with van der Waals surface area (Å²) in [5.41, 5.74) is 0.158. The quantitative estimate of drug-likeness (QED) is 0.586. The summed E-state index contributed by atoms with van der Waals surface area (Å²) < 4.78 is 13.1. The first-order chi connectivity index (χ1) is 6.59. The standard InChI is InChI=1S/C8H4ClFN2O2/c9-5-1-4(12(13)14)2-7-8(5)6(10)3-11-7/h1-3,11H. The summed E-state index contributed by atoms with van der Waals surface area (Å²) in [4.78, 5) is 12.4. The van der Waals surface area contributed by atoms with Gasteiger partial charge in [0.2, 0.25) is 0 Å². The minimum absolute atomic E-state index is 0.0351. The van der Waals surface area contributed by atoms with Gasteiger partial charge in [-0.2, -0.15) is 0 Å². The number of benzene rings is 1. The number of nitrogens with one attached hydrogen (secondary N) is 1. The van der Waals surface area contributed by atoms with Crippen LogP contribution in [-0.4, -0.2) is 9.91 Å². The molecule has 0 aliphatic carbocycles. The number of H-pyrrole nitrogens is 1. The Bertz CT molecular complexity index is 523. The summed E-state index contributed by atoms with van der Waals surface area (Å²) in [6.45, 7) is 0. The molecule has 1 aromatic carbocycles. The van der Waals surface area contributed by atoms with Crippen LogP contribution in [0.5, 0.6) is 0 Å². The Kier molecular flexibility index (Phi) is 1.89. The molecule has 0 unspecified atom stereocenters. The molecule has 0 bridgehead atoms. The van der Waals surface area contributed by atoms with E-state index >= 15 is 0 Å². The number of aromatic amines is 1. The predicted molar refractivity (Wildman–Crippen MR) is 49.9 cm³/mol. The van der Waals surface area contributed by atoms with Crippen molar-refractivity contribution in [2.75, 3.05) is 0 Å². The fourth-order valence-corrected chi connectivity index (χ4v) is 1.57. The molecule has 1 N–H and O–H groups in total. The van der Waals surface area contributed by atoms with Gasteiger partial charge in [0, 0.05) is 18.3 Å².